The van der Waals surface area contributed by atoms with Crippen LogP contribution < -0.4 is 0 Å². The Morgan fingerprint density at radius 1 is 0.615 bits per heavy atom. The number of aliphatic hydroxyl groups is 5. The highest BCUT2D eigenvalue weighted by atomic mass is 16.3. The second kappa shape index (κ2) is 14.3. The van der Waals surface area contributed by atoms with E-state index in [1.807, 2.05) is 0 Å². The monoisotopic (exact) mass is 196 g/mol. The molecule has 82 valence electrons. The summed E-state index contributed by atoms with van der Waals surface area (Å²) in [4.78, 5) is 0. The van der Waals surface area contributed by atoms with E-state index in [0.29, 0.717) is 0 Å². The molecule has 0 heterocycles. The SMILES string of the molecule is OCC(CO)CO.OCCCCO. The number of hydrogen-bond donors (Lipinski definition) is 5. The highest BCUT2D eigenvalue weighted by Crippen LogP contribution is 1.87. The van der Waals surface area contributed by atoms with E-state index in [2.05, 4.69) is 0 Å². The second-order valence-electron chi connectivity index (χ2n) is 2.57. The van der Waals surface area contributed by atoms with Gasteiger partial charge in [0.25, 0.3) is 0 Å². The summed E-state index contributed by atoms with van der Waals surface area (Å²) < 4.78 is 0. The molecule has 0 bridgehead atoms. The van der Waals surface area contributed by atoms with E-state index in [0.717, 1.165) is 12.8 Å². The molecular weight excluding hydrogens is 176 g/mol. The third-order valence-corrected chi connectivity index (χ3v) is 1.34. The number of hydrogen-bond acceptors (Lipinski definition) is 5. The summed E-state index contributed by atoms with van der Waals surface area (Å²) in [6.45, 7) is -0.0475. The van der Waals surface area contributed by atoms with Gasteiger partial charge in [-0.3, -0.25) is 0 Å². The lowest BCUT2D eigenvalue weighted by Gasteiger charge is -2.02. The maximum absolute atomic E-state index is 8.21. The summed E-state index contributed by atoms with van der Waals surface area (Å²) in [6.07, 6.45) is 1.44. The van der Waals surface area contributed by atoms with Crippen molar-refractivity contribution in [1.82, 2.24) is 0 Å². The van der Waals surface area contributed by atoms with Crippen LogP contribution in [0.1, 0.15) is 12.8 Å². The topological polar surface area (TPSA) is 101 Å². The molecule has 5 N–H and O–H groups in total. The van der Waals surface area contributed by atoms with Gasteiger partial charge < -0.3 is 25.5 Å². The third-order valence-electron chi connectivity index (χ3n) is 1.34. The first-order valence-corrected chi connectivity index (χ1v) is 4.31. The van der Waals surface area contributed by atoms with Crippen molar-refractivity contribution in [1.29, 1.82) is 0 Å². The summed E-state index contributed by atoms with van der Waals surface area (Å²) in [5.41, 5.74) is 0. The van der Waals surface area contributed by atoms with E-state index < -0.39 is 0 Å². The minimum absolute atomic E-state index is 0.146. The van der Waals surface area contributed by atoms with E-state index in [-0.39, 0.29) is 39.0 Å². The van der Waals surface area contributed by atoms with Crippen LogP contribution in [0.2, 0.25) is 0 Å². The van der Waals surface area contributed by atoms with Crippen molar-refractivity contribution in [2.75, 3.05) is 33.0 Å². The Bertz CT molecular complexity index is 65.4. The highest BCUT2D eigenvalue weighted by molar-refractivity contribution is 4.49. The maximum Gasteiger partial charge on any atom is 0.0503 e. The van der Waals surface area contributed by atoms with Gasteiger partial charge in [-0.05, 0) is 12.8 Å². The molecule has 0 saturated carbocycles. The largest absolute Gasteiger partial charge is 0.396 e. The molecule has 0 aromatic heterocycles. The molecule has 0 aliphatic carbocycles. The zero-order chi connectivity index (χ0) is 10.5. The summed E-state index contributed by atoms with van der Waals surface area (Å²) >= 11 is 0. The van der Waals surface area contributed by atoms with Crippen molar-refractivity contribution in [3.05, 3.63) is 0 Å². The first kappa shape index (κ1) is 15.3. The van der Waals surface area contributed by atoms with Crippen LogP contribution in [0.15, 0.2) is 0 Å². The van der Waals surface area contributed by atoms with Crippen LogP contribution in [-0.2, 0) is 0 Å². The normalized spacial score (nSPS) is 9.69. The lowest BCUT2D eigenvalue weighted by molar-refractivity contribution is 0.0969. The Hall–Kier alpha value is -0.200. The van der Waals surface area contributed by atoms with Crippen molar-refractivity contribution >= 4 is 0 Å². The molecule has 0 fully saturated rings. The minimum Gasteiger partial charge on any atom is -0.396 e. The van der Waals surface area contributed by atoms with Crippen molar-refractivity contribution in [2.24, 2.45) is 5.92 Å². The van der Waals surface area contributed by atoms with Gasteiger partial charge in [0.15, 0.2) is 0 Å². The van der Waals surface area contributed by atoms with Crippen LogP contribution in [0.25, 0.3) is 0 Å². The molecule has 0 radical (unpaired) electrons. The third kappa shape index (κ3) is 14.6. The molecule has 0 aliphatic rings. The van der Waals surface area contributed by atoms with Crippen LogP contribution in [-0.4, -0.2) is 58.6 Å². The predicted octanol–water partition coefficient (Wildman–Crippen LogP) is -1.67. The molecule has 5 heteroatoms. The van der Waals surface area contributed by atoms with Gasteiger partial charge in [-0.1, -0.05) is 0 Å². The van der Waals surface area contributed by atoms with E-state index in [1.165, 1.54) is 0 Å². The fourth-order valence-corrected chi connectivity index (χ4v) is 0.397. The first-order valence-electron chi connectivity index (χ1n) is 4.31. The van der Waals surface area contributed by atoms with Gasteiger partial charge in [-0.25, -0.2) is 0 Å². The minimum atomic E-state index is -0.347. The average molecular weight is 196 g/mol. The van der Waals surface area contributed by atoms with Gasteiger partial charge in [0, 0.05) is 19.1 Å². The second-order valence-corrected chi connectivity index (χ2v) is 2.57. The molecule has 0 aromatic carbocycles. The van der Waals surface area contributed by atoms with Gasteiger partial charge in [0.2, 0.25) is 0 Å². The van der Waals surface area contributed by atoms with Gasteiger partial charge in [0.05, 0.1) is 19.8 Å². The Labute approximate surface area is 78.3 Å². The van der Waals surface area contributed by atoms with E-state index in [1.54, 1.807) is 0 Å². The van der Waals surface area contributed by atoms with Gasteiger partial charge in [0.1, 0.15) is 0 Å². The van der Waals surface area contributed by atoms with Gasteiger partial charge in [-0.2, -0.15) is 0 Å². The van der Waals surface area contributed by atoms with E-state index in [4.69, 9.17) is 25.5 Å². The zero-order valence-electron chi connectivity index (χ0n) is 7.76. The molecule has 0 rings (SSSR count). The fraction of sp³-hybridized carbons (Fsp3) is 1.00. The molecule has 13 heavy (non-hydrogen) atoms. The molecule has 0 spiro atoms. The van der Waals surface area contributed by atoms with Gasteiger partial charge in [-0.15, -0.1) is 0 Å². The Morgan fingerprint density at radius 2 is 0.923 bits per heavy atom. The fourth-order valence-electron chi connectivity index (χ4n) is 0.397. The van der Waals surface area contributed by atoms with Crippen molar-refractivity contribution in [3.8, 4) is 0 Å². The zero-order valence-corrected chi connectivity index (χ0v) is 7.76. The summed E-state index contributed by atoms with van der Waals surface area (Å²) in [5, 5.41) is 40.8. The van der Waals surface area contributed by atoms with Crippen molar-refractivity contribution in [3.63, 3.8) is 0 Å². The van der Waals surface area contributed by atoms with E-state index >= 15 is 0 Å². The Kier molecular flexibility index (Phi) is 16.8. The molecular formula is C8H20O5. The summed E-state index contributed by atoms with van der Waals surface area (Å²) in [5.74, 6) is -0.347. The molecule has 0 aliphatic heterocycles. The number of aliphatic hydroxyl groups excluding tert-OH is 5. The first-order chi connectivity index (χ1) is 6.26. The van der Waals surface area contributed by atoms with Crippen LogP contribution >= 0.6 is 0 Å². The molecule has 0 amide bonds. The quantitative estimate of drug-likeness (QED) is 0.327. The lowest BCUT2D eigenvalue weighted by atomic mass is 10.2. The standard InChI is InChI=1S/C4H10O3.C4H10O2/c5-1-4(2-6)3-7;5-3-1-2-4-6/h4-7H,1-3H2;5-6H,1-4H2. The Morgan fingerprint density at radius 3 is 1.00 bits per heavy atom. The summed E-state index contributed by atoms with van der Waals surface area (Å²) in [7, 11) is 0. The van der Waals surface area contributed by atoms with E-state index in [9.17, 15) is 0 Å². The van der Waals surface area contributed by atoms with Gasteiger partial charge >= 0.3 is 0 Å². The van der Waals surface area contributed by atoms with Crippen molar-refractivity contribution < 1.29 is 25.5 Å². The average Bonchev–Trinajstić information content (AvgIpc) is 2.18. The highest BCUT2D eigenvalue weighted by Gasteiger charge is 2.00. The van der Waals surface area contributed by atoms with Crippen LogP contribution in [0, 0.1) is 5.92 Å². The van der Waals surface area contributed by atoms with Crippen LogP contribution in [0.5, 0.6) is 0 Å². The molecule has 5 nitrogen and oxygen atoms in total. The number of rotatable bonds is 6. The van der Waals surface area contributed by atoms with Crippen LogP contribution in [0.4, 0.5) is 0 Å². The molecule has 0 saturated heterocycles. The molecule has 0 unspecified atom stereocenters. The predicted molar refractivity (Wildman–Crippen MR) is 48.2 cm³/mol. The molecule has 0 atom stereocenters. The summed E-state index contributed by atoms with van der Waals surface area (Å²) in [6, 6.07) is 0. The maximum atomic E-state index is 8.21. The Balaban J connectivity index is 0. The van der Waals surface area contributed by atoms with Crippen molar-refractivity contribution in [2.45, 2.75) is 12.8 Å². The van der Waals surface area contributed by atoms with Crippen LogP contribution in [0.3, 0.4) is 0 Å². The smallest absolute Gasteiger partial charge is 0.0503 e. The molecule has 0 aromatic rings. The number of unbranched alkanes of at least 4 members (excludes halogenated alkanes) is 1. The lowest BCUT2D eigenvalue weighted by Crippen LogP contribution is -2.14.